The lowest BCUT2D eigenvalue weighted by atomic mass is 10.1. The van der Waals surface area contributed by atoms with Gasteiger partial charge in [0.15, 0.2) is 0 Å². The first kappa shape index (κ1) is 16.8. The van der Waals surface area contributed by atoms with E-state index in [1.165, 1.54) is 10.4 Å². The number of aryl methyl sites for hydroxylation is 2. The van der Waals surface area contributed by atoms with Crippen LogP contribution in [-0.4, -0.2) is 38.1 Å². The van der Waals surface area contributed by atoms with E-state index < -0.39 is 0 Å². The Hall–Kier alpha value is -3.02. The molecule has 128 valence electrons. The van der Waals surface area contributed by atoms with Crippen LogP contribution in [0.4, 0.5) is 0 Å². The molecule has 0 aliphatic rings. The Balaban J connectivity index is 1.67. The van der Waals surface area contributed by atoms with Gasteiger partial charge in [-0.05, 0) is 35.8 Å². The molecule has 0 saturated carbocycles. The summed E-state index contributed by atoms with van der Waals surface area (Å²) in [6, 6.07) is 15.9. The van der Waals surface area contributed by atoms with E-state index in [1.807, 2.05) is 62.4 Å². The van der Waals surface area contributed by atoms with Crippen molar-refractivity contribution in [2.75, 3.05) is 7.05 Å². The van der Waals surface area contributed by atoms with Gasteiger partial charge in [0.2, 0.25) is 11.7 Å². The van der Waals surface area contributed by atoms with Gasteiger partial charge in [-0.25, -0.2) is 0 Å². The third kappa shape index (κ3) is 3.91. The van der Waals surface area contributed by atoms with Crippen LogP contribution in [0.1, 0.15) is 16.7 Å². The van der Waals surface area contributed by atoms with Crippen LogP contribution >= 0.6 is 0 Å². The van der Waals surface area contributed by atoms with Crippen molar-refractivity contribution in [3.8, 4) is 11.4 Å². The molecule has 6 heteroatoms. The van der Waals surface area contributed by atoms with Crippen molar-refractivity contribution < 1.29 is 4.79 Å². The summed E-state index contributed by atoms with van der Waals surface area (Å²) >= 11 is 0. The SMILES string of the molecule is Cc1ccccc1CN(C)C(=O)Cn1nnc(-c2ccccc2C)n1. The first-order chi connectivity index (χ1) is 12.0. The number of tetrazole rings is 1. The van der Waals surface area contributed by atoms with E-state index in [0.29, 0.717) is 12.4 Å². The molecule has 3 rings (SSSR count). The number of amides is 1. The molecule has 2 aromatic carbocycles. The topological polar surface area (TPSA) is 63.9 Å². The average Bonchev–Trinajstić information content (AvgIpc) is 3.05. The van der Waals surface area contributed by atoms with Crippen LogP contribution in [0.2, 0.25) is 0 Å². The van der Waals surface area contributed by atoms with Crippen molar-refractivity contribution in [3.63, 3.8) is 0 Å². The molecule has 25 heavy (non-hydrogen) atoms. The maximum absolute atomic E-state index is 12.4. The van der Waals surface area contributed by atoms with Gasteiger partial charge in [0.1, 0.15) is 6.54 Å². The van der Waals surface area contributed by atoms with Gasteiger partial charge in [-0.1, -0.05) is 48.5 Å². The smallest absolute Gasteiger partial charge is 0.246 e. The maximum atomic E-state index is 12.4. The van der Waals surface area contributed by atoms with Crippen molar-refractivity contribution in [1.82, 2.24) is 25.1 Å². The molecule has 0 N–H and O–H groups in total. The minimum Gasteiger partial charge on any atom is -0.340 e. The van der Waals surface area contributed by atoms with E-state index in [1.54, 1.807) is 11.9 Å². The first-order valence-corrected chi connectivity index (χ1v) is 8.17. The molecule has 0 aliphatic heterocycles. The lowest BCUT2D eigenvalue weighted by molar-refractivity contribution is -0.131. The number of carbonyl (C=O) groups excluding carboxylic acids is 1. The molecule has 0 saturated heterocycles. The van der Waals surface area contributed by atoms with E-state index in [0.717, 1.165) is 16.7 Å². The van der Waals surface area contributed by atoms with Crippen LogP contribution in [0.5, 0.6) is 0 Å². The Morgan fingerprint density at radius 3 is 2.44 bits per heavy atom. The van der Waals surface area contributed by atoms with Gasteiger partial charge in [0.05, 0.1) is 0 Å². The number of aromatic nitrogens is 4. The number of benzene rings is 2. The fraction of sp³-hybridized carbons (Fsp3) is 0.263. The average molecular weight is 335 g/mol. The Bertz CT molecular complexity index is 887. The minimum atomic E-state index is -0.0583. The molecule has 6 nitrogen and oxygen atoms in total. The summed E-state index contributed by atoms with van der Waals surface area (Å²) in [7, 11) is 1.79. The second-order valence-electron chi connectivity index (χ2n) is 6.13. The van der Waals surface area contributed by atoms with Crippen molar-refractivity contribution in [2.45, 2.75) is 26.9 Å². The second kappa shape index (κ2) is 7.25. The molecule has 3 aromatic rings. The molecule has 0 aliphatic carbocycles. The lowest BCUT2D eigenvalue weighted by Crippen LogP contribution is -2.30. The summed E-state index contributed by atoms with van der Waals surface area (Å²) in [5, 5.41) is 12.4. The van der Waals surface area contributed by atoms with Crippen molar-refractivity contribution >= 4 is 5.91 Å². The number of nitrogens with zero attached hydrogens (tertiary/aromatic N) is 5. The van der Waals surface area contributed by atoms with Crippen LogP contribution in [0.25, 0.3) is 11.4 Å². The van der Waals surface area contributed by atoms with Gasteiger partial charge in [0, 0.05) is 19.2 Å². The van der Waals surface area contributed by atoms with Crippen molar-refractivity contribution in [1.29, 1.82) is 0 Å². The summed E-state index contributed by atoms with van der Waals surface area (Å²) in [4.78, 5) is 15.5. The summed E-state index contributed by atoms with van der Waals surface area (Å²) in [5.74, 6) is 0.476. The fourth-order valence-electron chi connectivity index (χ4n) is 2.61. The highest BCUT2D eigenvalue weighted by Crippen LogP contribution is 2.17. The highest BCUT2D eigenvalue weighted by atomic mass is 16.2. The number of hydrogen-bond acceptors (Lipinski definition) is 4. The van der Waals surface area contributed by atoms with Gasteiger partial charge in [0.25, 0.3) is 0 Å². The Morgan fingerprint density at radius 2 is 1.72 bits per heavy atom. The molecule has 0 spiro atoms. The van der Waals surface area contributed by atoms with Crippen LogP contribution in [-0.2, 0) is 17.9 Å². The van der Waals surface area contributed by atoms with Crippen LogP contribution < -0.4 is 0 Å². The molecular weight excluding hydrogens is 314 g/mol. The largest absolute Gasteiger partial charge is 0.340 e. The Kier molecular flexibility index (Phi) is 4.88. The highest BCUT2D eigenvalue weighted by Gasteiger charge is 2.14. The van der Waals surface area contributed by atoms with Crippen LogP contribution in [0.15, 0.2) is 48.5 Å². The van der Waals surface area contributed by atoms with Crippen LogP contribution in [0.3, 0.4) is 0 Å². The predicted octanol–water partition coefficient (Wildman–Crippen LogP) is 2.62. The molecule has 1 heterocycles. The van der Waals surface area contributed by atoms with Gasteiger partial charge in [-0.15, -0.1) is 10.2 Å². The van der Waals surface area contributed by atoms with Gasteiger partial charge in [-0.3, -0.25) is 4.79 Å². The second-order valence-corrected chi connectivity index (χ2v) is 6.13. The van der Waals surface area contributed by atoms with E-state index in [2.05, 4.69) is 15.4 Å². The number of rotatable bonds is 5. The minimum absolute atomic E-state index is 0.0583. The summed E-state index contributed by atoms with van der Waals surface area (Å²) in [6.07, 6.45) is 0. The van der Waals surface area contributed by atoms with Gasteiger partial charge in [-0.2, -0.15) is 4.80 Å². The molecule has 0 unspecified atom stereocenters. The molecule has 1 aromatic heterocycles. The summed E-state index contributed by atoms with van der Waals surface area (Å²) in [5.41, 5.74) is 4.30. The number of hydrogen-bond donors (Lipinski definition) is 0. The number of carbonyl (C=O) groups is 1. The maximum Gasteiger partial charge on any atom is 0.246 e. The van der Waals surface area contributed by atoms with Crippen LogP contribution in [0, 0.1) is 13.8 Å². The van der Waals surface area contributed by atoms with E-state index in [4.69, 9.17) is 0 Å². The quantitative estimate of drug-likeness (QED) is 0.719. The molecule has 0 fully saturated rings. The summed E-state index contributed by atoms with van der Waals surface area (Å²) in [6.45, 7) is 4.67. The fourth-order valence-corrected chi connectivity index (χ4v) is 2.61. The third-order valence-corrected chi connectivity index (χ3v) is 4.21. The predicted molar refractivity (Wildman–Crippen MR) is 95.6 cm³/mol. The molecular formula is C19H21N5O. The van der Waals surface area contributed by atoms with Gasteiger partial charge < -0.3 is 4.90 Å². The molecule has 0 radical (unpaired) electrons. The monoisotopic (exact) mass is 335 g/mol. The zero-order valence-corrected chi connectivity index (χ0v) is 14.7. The normalized spacial score (nSPS) is 10.7. The third-order valence-electron chi connectivity index (χ3n) is 4.21. The zero-order valence-electron chi connectivity index (χ0n) is 14.7. The zero-order chi connectivity index (χ0) is 17.8. The highest BCUT2D eigenvalue weighted by molar-refractivity contribution is 5.75. The van der Waals surface area contributed by atoms with Gasteiger partial charge >= 0.3 is 0 Å². The first-order valence-electron chi connectivity index (χ1n) is 8.17. The standard InChI is InChI=1S/C19H21N5O/c1-14-8-4-6-10-16(14)12-23(3)18(25)13-24-21-19(20-22-24)17-11-7-5-9-15(17)2/h4-11H,12-13H2,1-3H3. The number of likely N-dealkylation sites (N-methyl/N-ethyl adjacent to an activating group) is 1. The molecule has 0 atom stereocenters. The lowest BCUT2D eigenvalue weighted by Gasteiger charge is -2.18. The van der Waals surface area contributed by atoms with E-state index in [-0.39, 0.29) is 12.5 Å². The van der Waals surface area contributed by atoms with Crippen molar-refractivity contribution in [3.05, 3.63) is 65.2 Å². The van der Waals surface area contributed by atoms with E-state index >= 15 is 0 Å². The summed E-state index contributed by atoms with van der Waals surface area (Å²) < 4.78 is 0. The Morgan fingerprint density at radius 1 is 1.04 bits per heavy atom. The molecule has 1 amide bonds. The Labute approximate surface area is 147 Å². The van der Waals surface area contributed by atoms with E-state index in [9.17, 15) is 4.79 Å². The molecule has 0 bridgehead atoms. The van der Waals surface area contributed by atoms with Crippen molar-refractivity contribution in [2.24, 2.45) is 0 Å².